The van der Waals surface area contributed by atoms with Crippen LogP contribution in [0.3, 0.4) is 0 Å². The van der Waals surface area contributed by atoms with Crippen molar-refractivity contribution in [2.45, 2.75) is 26.5 Å². The van der Waals surface area contributed by atoms with Crippen molar-refractivity contribution in [1.29, 1.82) is 0 Å². The van der Waals surface area contributed by atoms with Gasteiger partial charge in [0.15, 0.2) is 6.10 Å². The third-order valence-corrected chi connectivity index (χ3v) is 4.48. The maximum Gasteiger partial charge on any atom is 0.340 e. The van der Waals surface area contributed by atoms with E-state index in [0.29, 0.717) is 28.2 Å². The van der Waals surface area contributed by atoms with E-state index in [0.717, 1.165) is 5.56 Å². The van der Waals surface area contributed by atoms with Gasteiger partial charge in [0.25, 0.3) is 5.91 Å². The van der Waals surface area contributed by atoms with Crippen molar-refractivity contribution in [3.8, 4) is 0 Å². The number of ether oxygens (including phenoxy) is 1. The Kier molecular flexibility index (Phi) is 5.90. The Hall–Kier alpha value is -2.99. The molecule has 3 aromatic rings. The lowest BCUT2D eigenvalue weighted by molar-refractivity contribution is -0.129. The number of pyridine rings is 1. The van der Waals surface area contributed by atoms with Crippen LogP contribution in [0, 0.1) is 12.7 Å². The number of benzene rings is 2. The van der Waals surface area contributed by atoms with Gasteiger partial charge in [0.1, 0.15) is 5.82 Å². The molecule has 1 atom stereocenters. The second kappa shape index (κ2) is 8.35. The summed E-state index contributed by atoms with van der Waals surface area (Å²) in [5, 5.41) is 3.93. The molecule has 144 valence electrons. The molecule has 2 aromatic carbocycles. The third kappa shape index (κ3) is 4.64. The van der Waals surface area contributed by atoms with Gasteiger partial charge < -0.3 is 10.1 Å². The number of halogens is 2. The molecule has 1 amide bonds. The first-order chi connectivity index (χ1) is 13.3. The van der Waals surface area contributed by atoms with Crippen LogP contribution in [0.4, 0.5) is 4.39 Å². The molecule has 0 fully saturated rings. The van der Waals surface area contributed by atoms with Gasteiger partial charge >= 0.3 is 5.97 Å². The summed E-state index contributed by atoms with van der Waals surface area (Å²) in [6.07, 6.45) is -0.983. The lowest BCUT2D eigenvalue weighted by Crippen LogP contribution is -2.35. The second-order valence-corrected chi connectivity index (χ2v) is 6.79. The fourth-order valence-electron chi connectivity index (χ4n) is 2.66. The number of aryl methyl sites for hydroxylation is 1. The van der Waals surface area contributed by atoms with Gasteiger partial charge in [-0.3, -0.25) is 9.78 Å². The molecule has 7 heteroatoms. The van der Waals surface area contributed by atoms with E-state index in [2.05, 4.69) is 10.3 Å². The molecule has 0 saturated carbocycles. The molecule has 5 nitrogen and oxygen atoms in total. The minimum absolute atomic E-state index is 0.233. The summed E-state index contributed by atoms with van der Waals surface area (Å²) in [6.45, 7) is 3.42. The van der Waals surface area contributed by atoms with Crippen molar-refractivity contribution < 1.29 is 18.7 Å². The van der Waals surface area contributed by atoms with Crippen LogP contribution in [-0.2, 0) is 16.1 Å². The predicted octanol–water partition coefficient (Wildman–Crippen LogP) is 4.20. The van der Waals surface area contributed by atoms with Crippen LogP contribution in [0.1, 0.15) is 28.5 Å². The van der Waals surface area contributed by atoms with E-state index in [1.807, 2.05) is 0 Å². The standard InChI is InChI=1S/C21H18ClFN2O3/c1-12-18(9-15-5-8-17(23)10-19(15)25-12)21(27)28-13(2)20(26)24-11-14-3-6-16(22)7-4-14/h3-10,13H,11H2,1-2H3,(H,24,26). The number of fused-ring (bicyclic) bond motifs is 1. The summed E-state index contributed by atoms with van der Waals surface area (Å²) in [7, 11) is 0. The number of rotatable bonds is 5. The van der Waals surface area contributed by atoms with Gasteiger partial charge in [-0.25, -0.2) is 9.18 Å². The van der Waals surface area contributed by atoms with E-state index < -0.39 is 23.8 Å². The minimum Gasteiger partial charge on any atom is -0.449 e. The summed E-state index contributed by atoms with van der Waals surface area (Å²) in [5.41, 5.74) is 1.95. The average Bonchev–Trinajstić information content (AvgIpc) is 2.66. The van der Waals surface area contributed by atoms with Crippen LogP contribution < -0.4 is 5.32 Å². The number of nitrogens with one attached hydrogen (secondary N) is 1. The molecule has 0 bridgehead atoms. The predicted molar refractivity (Wildman–Crippen MR) is 105 cm³/mol. The summed E-state index contributed by atoms with van der Waals surface area (Å²) in [4.78, 5) is 28.9. The number of hydrogen-bond acceptors (Lipinski definition) is 4. The third-order valence-electron chi connectivity index (χ3n) is 4.22. The lowest BCUT2D eigenvalue weighted by atomic mass is 10.1. The van der Waals surface area contributed by atoms with Crippen LogP contribution in [0.2, 0.25) is 5.02 Å². The topological polar surface area (TPSA) is 68.3 Å². The Morgan fingerprint density at radius 2 is 1.89 bits per heavy atom. The summed E-state index contributed by atoms with van der Waals surface area (Å²) in [6, 6.07) is 12.8. The van der Waals surface area contributed by atoms with E-state index in [1.165, 1.54) is 25.1 Å². The van der Waals surface area contributed by atoms with E-state index in [1.54, 1.807) is 37.3 Å². The highest BCUT2D eigenvalue weighted by Crippen LogP contribution is 2.19. The number of aromatic nitrogens is 1. The van der Waals surface area contributed by atoms with Crippen LogP contribution in [-0.4, -0.2) is 23.0 Å². The van der Waals surface area contributed by atoms with Crippen LogP contribution >= 0.6 is 11.6 Å². The number of amides is 1. The van der Waals surface area contributed by atoms with Gasteiger partial charge in [-0.15, -0.1) is 0 Å². The summed E-state index contributed by atoms with van der Waals surface area (Å²) < 4.78 is 18.6. The zero-order chi connectivity index (χ0) is 20.3. The van der Waals surface area contributed by atoms with Gasteiger partial charge in [0.05, 0.1) is 16.8 Å². The van der Waals surface area contributed by atoms with Crippen LogP contribution in [0.5, 0.6) is 0 Å². The smallest absolute Gasteiger partial charge is 0.340 e. The van der Waals surface area contributed by atoms with Gasteiger partial charge in [-0.1, -0.05) is 23.7 Å². The number of nitrogens with zero attached hydrogens (tertiary/aromatic N) is 1. The van der Waals surface area contributed by atoms with E-state index in [9.17, 15) is 14.0 Å². The van der Waals surface area contributed by atoms with Gasteiger partial charge in [-0.05, 0) is 49.7 Å². The van der Waals surface area contributed by atoms with Crippen molar-refractivity contribution >= 4 is 34.4 Å². The molecule has 0 aliphatic rings. The number of carbonyl (C=O) groups is 2. The van der Waals surface area contributed by atoms with Crippen molar-refractivity contribution in [3.63, 3.8) is 0 Å². The highest BCUT2D eigenvalue weighted by Gasteiger charge is 2.21. The summed E-state index contributed by atoms with van der Waals surface area (Å²) in [5.74, 6) is -1.48. The zero-order valence-corrected chi connectivity index (χ0v) is 16.1. The van der Waals surface area contributed by atoms with Crippen molar-refractivity contribution in [2.75, 3.05) is 0 Å². The molecule has 0 saturated heterocycles. The molecule has 0 radical (unpaired) electrons. The Morgan fingerprint density at radius 3 is 2.61 bits per heavy atom. The quantitative estimate of drug-likeness (QED) is 0.652. The van der Waals surface area contributed by atoms with Crippen molar-refractivity contribution in [3.05, 3.63) is 76.2 Å². The van der Waals surface area contributed by atoms with Crippen LogP contribution in [0.15, 0.2) is 48.5 Å². The first-order valence-corrected chi connectivity index (χ1v) is 9.01. The molecule has 1 unspecified atom stereocenters. The molecule has 0 aliphatic heterocycles. The SMILES string of the molecule is Cc1nc2cc(F)ccc2cc1C(=O)OC(C)C(=O)NCc1ccc(Cl)cc1. The first-order valence-electron chi connectivity index (χ1n) is 8.63. The van der Waals surface area contributed by atoms with E-state index in [-0.39, 0.29) is 5.56 Å². The molecule has 1 heterocycles. The van der Waals surface area contributed by atoms with Gasteiger partial charge in [0, 0.05) is 23.0 Å². The Bertz CT molecular complexity index is 1040. The molecule has 0 spiro atoms. The number of carbonyl (C=O) groups excluding carboxylic acids is 2. The highest BCUT2D eigenvalue weighted by molar-refractivity contribution is 6.30. The summed E-state index contributed by atoms with van der Waals surface area (Å²) >= 11 is 5.83. The van der Waals surface area contributed by atoms with E-state index in [4.69, 9.17) is 16.3 Å². The fourth-order valence-corrected chi connectivity index (χ4v) is 2.78. The monoisotopic (exact) mass is 400 g/mol. The van der Waals surface area contributed by atoms with Crippen molar-refractivity contribution in [1.82, 2.24) is 10.3 Å². The lowest BCUT2D eigenvalue weighted by Gasteiger charge is -2.14. The Balaban J connectivity index is 1.65. The van der Waals surface area contributed by atoms with Gasteiger partial charge in [0.2, 0.25) is 0 Å². The number of hydrogen-bond donors (Lipinski definition) is 1. The van der Waals surface area contributed by atoms with E-state index >= 15 is 0 Å². The highest BCUT2D eigenvalue weighted by atomic mass is 35.5. The molecule has 1 N–H and O–H groups in total. The zero-order valence-electron chi connectivity index (χ0n) is 15.3. The molecule has 1 aromatic heterocycles. The van der Waals surface area contributed by atoms with Crippen LogP contribution in [0.25, 0.3) is 10.9 Å². The number of esters is 1. The molecular formula is C21H18ClFN2O3. The molecular weight excluding hydrogens is 383 g/mol. The maximum absolute atomic E-state index is 13.3. The minimum atomic E-state index is -0.983. The molecule has 0 aliphatic carbocycles. The maximum atomic E-state index is 13.3. The fraction of sp³-hybridized carbons (Fsp3) is 0.190. The van der Waals surface area contributed by atoms with Gasteiger partial charge in [-0.2, -0.15) is 0 Å². The first kappa shape index (κ1) is 19.8. The Morgan fingerprint density at radius 1 is 1.18 bits per heavy atom. The molecule has 3 rings (SSSR count). The van der Waals surface area contributed by atoms with Crippen molar-refractivity contribution in [2.24, 2.45) is 0 Å². The Labute approximate surface area is 166 Å². The molecule has 28 heavy (non-hydrogen) atoms. The largest absolute Gasteiger partial charge is 0.449 e. The average molecular weight is 401 g/mol. The second-order valence-electron chi connectivity index (χ2n) is 6.35. The normalized spacial score (nSPS) is 11.9.